The molecule has 140 valence electrons. The standard InChI is InChI=1S/C21H15F2N3OS/c1-13-5-2-9-17-19(13)25-21(28-17)26(12-14-6-4-10-24-11-14)20(27)18-15(22)7-3-8-16(18)23/h2-11H,12H2,1H3. The van der Waals surface area contributed by atoms with E-state index in [1.54, 1.807) is 24.5 Å². The number of anilines is 1. The molecule has 0 fully saturated rings. The molecule has 0 N–H and O–H groups in total. The van der Waals surface area contributed by atoms with Gasteiger partial charge in [-0.2, -0.15) is 0 Å². The summed E-state index contributed by atoms with van der Waals surface area (Å²) in [6.45, 7) is 2.02. The summed E-state index contributed by atoms with van der Waals surface area (Å²) >= 11 is 1.30. The van der Waals surface area contributed by atoms with Crippen LogP contribution in [0.15, 0.2) is 60.9 Å². The Kier molecular flexibility index (Phi) is 4.83. The Labute approximate surface area is 164 Å². The van der Waals surface area contributed by atoms with E-state index in [0.717, 1.165) is 33.5 Å². The van der Waals surface area contributed by atoms with E-state index in [-0.39, 0.29) is 6.54 Å². The van der Waals surface area contributed by atoms with Gasteiger partial charge in [0, 0.05) is 12.4 Å². The van der Waals surface area contributed by atoms with Crippen molar-refractivity contribution >= 4 is 32.6 Å². The first kappa shape index (κ1) is 18.2. The molecule has 7 heteroatoms. The summed E-state index contributed by atoms with van der Waals surface area (Å²) in [6.07, 6.45) is 3.23. The molecule has 0 unspecified atom stereocenters. The quantitative estimate of drug-likeness (QED) is 0.482. The number of carbonyl (C=O) groups is 1. The minimum absolute atomic E-state index is 0.0965. The van der Waals surface area contributed by atoms with Gasteiger partial charge in [0.2, 0.25) is 0 Å². The molecule has 0 aliphatic heterocycles. The number of fused-ring (bicyclic) bond motifs is 1. The molecular formula is C21H15F2N3OS. The Hall–Kier alpha value is -3.19. The first-order chi connectivity index (χ1) is 13.5. The third-order valence-corrected chi connectivity index (χ3v) is 5.37. The highest BCUT2D eigenvalue weighted by atomic mass is 32.1. The van der Waals surface area contributed by atoms with Gasteiger partial charge in [-0.15, -0.1) is 0 Å². The number of benzene rings is 2. The van der Waals surface area contributed by atoms with E-state index in [1.165, 1.54) is 22.3 Å². The van der Waals surface area contributed by atoms with Gasteiger partial charge in [-0.05, 0) is 42.3 Å². The van der Waals surface area contributed by atoms with Crippen molar-refractivity contribution in [1.82, 2.24) is 9.97 Å². The number of rotatable bonds is 4. The molecule has 2 aromatic heterocycles. The zero-order valence-electron chi connectivity index (χ0n) is 14.9. The summed E-state index contributed by atoms with van der Waals surface area (Å²) in [6, 6.07) is 12.6. The van der Waals surface area contributed by atoms with Gasteiger partial charge in [0.15, 0.2) is 5.13 Å². The largest absolute Gasteiger partial charge is 0.279 e. The van der Waals surface area contributed by atoms with Gasteiger partial charge < -0.3 is 0 Å². The number of hydrogen-bond donors (Lipinski definition) is 0. The minimum atomic E-state index is -0.904. The molecule has 0 bridgehead atoms. The molecule has 0 aliphatic carbocycles. The van der Waals surface area contributed by atoms with Gasteiger partial charge in [0.25, 0.3) is 5.91 Å². The summed E-state index contributed by atoms with van der Waals surface area (Å²) < 4.78 is 29.4. The maximum Gasteiger partial charge on any atom is 0.266 e. The van der Waals surface area contributed by atoms with Crippen molar-refractivity contribution in [1.29, 1.82) is 0 Å². The van der Waals surface area contributed by atoms with Gasteiger partial charge in [-0.1, -0.05) is 35.6 Å². The van der Waals surface area contributed by atoms with E-state index in [0.29, 0.717) is 5.13 Å². The zero-order chi connectivity index (χ0) is 19.7. The molecule has 4 nitrogen and oxygen atoms in total. The van der Waals surface area contributed by atoms with Crippen molar-refractivity contribution in [3.05, 3.63) is 89.2 Å². The fraction of sp³-hybridized carbons (Fsp3) is 0.0952. The summed E-state index contributed by atoms with van der Waals surface area (Å²) in [5.74, 6) is -2.59. The molecule has 0 atom stereocenters. The van der Waals surface area contributed by atoms with Crippen molar-refractivity contribution in [2.45, 2.75) is 13.5 Å². The van der Waals surface area contributed by atoms with Crippen LogP contribution in [0.4, 0.5) is 13.9 Å². The normalized spacial score (nSPS) is 11.0. The Morgan fingerprint density at radius 2 is 1.82 bits per heavy atom. The number of hydrogen-bond acceptors (Lipinski definition) is 4. The van der Waals surface area contributed by atoms with Gasteiger partial charge >= 0.3 is 0 Å². The van der Waals surface area contributed by atoms with E-state index < -0.39 is 23.1 Å². The number of aromatic nitrogens is 2. The van der Waals surface area contributed by atoms with Crippen LogP contribution in [0.2, 0.25) is 0 Å². The molecular weight excluding hydrogens is 380 g/mol. The number of pyridine rings is 1. The highest BCUT2D eigenvalue weighted by molar-refractivity contribution is 7.22. The predicted octanol–water partition coefficient (Wildman–Crippen LogP) is 5.12. The number of halogens is 2. The molecule has 0 aliphatic rings. The molecule has 4 rings (SSSR count). The van der Waals surface area contributed by atoms with Crippen molar-refractivity contribution in [2.75, 3.05) is 4.90 Å². The van der Waals surface area contributed by atoms with Crippen molar-refractivity contribution in [2.24, 2.45) is 0 Å². The third-order valence-electron chi connectivity index (χ3n) is 4.33. The summed E-state index contributed by atoms with van der Waals surface area (Å²) in [4.78, 5) is 23.1. The molecule has 2 aromatic carbocycles. The average molecular weight is 395 g/mol. The number of nitrogens with zero attached hydrogens (tertiary/aromatic N) is 3. The van der Waals surface area contributed by atoms with E-state index in [4.69, 9.17) is 0 Å². The topological polar surface area (TPSA) is 46.1 Å². The Morgan fingerprint density at radius 3 is 2.50 bits per heavy atom. The van der Waals surface area contributed by atoms with Crippen LogP contribution < -0.4 is 4.90 Å². The highest BCUT2D eigenvalue weighted by Gasteiger charge is 2.27. The first-order valence-electron chi connectivity index (χ1n) is 8.55. The number of thiazole rings is 1. The molecule has 0 saturated heterocycles. The van der Waals surface area contributed by atoms with E-state index in [2.05, 4.69) is 9.97 Å². The Bertz CT molecular complexity index is 1140. The lowest BCUT2D eigenvalue weighted by Gasteiger charge is -2.20. The Morgan fingerprint density at radius 1 is 1.07 bits per heavy atom. The highest BCUT2D eigenvalue weighted by Crippen LogP contribution is 2.32. The lowest BCUT2D eigenvalue weighted by molar-refractivity contribution is 0.0977. The maximum atomic E-state index is 14.3. The maximum absolute atomic E-state index is 14.3. The van der Waals surface area contributed by atoms with Crippen molar-refractivity contribution in [3.63, 3.8) is 0 Å². The molecule has 28 heavy (non-hydrogen) atoms. The first-order valence-corrected chi connectivity index (χ1v) is 9.37. The fourth-order valence-corrected chi connectivity index (χ4v) is 3.97. The van der Waals surface area contributed by atoms with Crippen LogP contribution in [0.1, 0.15) is 21.5 Å². The van der Waals surface area contributed by atoms with Gasteiger partial charge in [-0.3, -0.25) is 14.7 Å². The second-order valence-electron chi connectivity index (χ2n) is 6.27. The fourth-order valence-electron chi connectivity index (χ4n) is 2.93. The average Bonchev–Trinajstić information content (AvgIpc) is 3.12. The van der Waals surface area contributed by atoms with Crippen molar-refractivity contribution < 1.29 is 13.6 Å². The number of aryl methyl sites for hydroxylation is 1. The Balaban J connectivity index is 1.83. The molecule has 2 heterocycles. The second-order valence-corrected chi connectivity index (χ2v) is 7.28. The molecule has 0 spiro atoms. The van der Waals surface area contributed by atoms with Crippen LogP contribution >= 0.6 is 11.3 Å². The van der Waals surface area contributed by atoms with Crippen LogP contribution in [0, 0.1) is 18.6 Å². The number of amides is 1. The monoisotopic (exact) mass is 395 g/mol. The SMILES string of the molecule is Cc1cccc2sc(N(Cc3cccnc3)C(=O)c3c(F)cccc3F)nc12. The summed E-state index contributed by atoms with van der Waals surface area (Å²) in [7, 11) is 0. The zero-order valence-corrected chi connectivity index (χ0v) is 15.7. The number of para-hydroxylation sites is 1. The molecule has 0 radical (unpaired) electrons. The summed E-state index contributed by atoms with van der Waals surface area (Å²) in [5, 5.41) is 0.376. The number of carbonyl (C=O) groups excluding carboxylic acids is 1. The van der Waals surface area contributed by atoms with Gasteiger partial charge in [0.05, 0.1) is 16.8 Å². The van der Waals surface area contributed by atoms with E-state index in [9.17, 15) is 13.6 Å². The second kappa shape index (κ2) is 7.44. The lowest BCUT2D eigenvalue weighted by atomic mass is 10.1. The van der Waals surface area contributed by atoms with Crippen LogP contribution in [0.5, 0.6) is 0 Å². The molecule has 0 saturated carbocycles. The van der Waals surface area contributed by atoms with Gasteiger partial charge in [-0.25, -0.2) is 13.8 Å². The summed E-state index contributed by atoms with van der Waals surface area (Å²) in [5.41, 5.74) is 1.86. The van der Waals surface area contributed by atoms with Crippen LogP contribution in [0.3, 0.4) is 0 Å². The molecule has 4 aromatic rings. The van der Waals surface area contributed by atoms with E-state index in [1.807, 2.05) is 25.1 Å². The van der Waals surface area contributed by atoms with Crippen LogP contribution in [-0.2, 0) is 6.54 Å². The third kappa shape index (κ3) is 3.36. The van der Waals surface area contributed by atoms with Crippen LogP contribution in [0.25, 0.3) is 10.2 Å². The smallest absolute Gasteiger partial charge is 0.266 e. The van der Waals surface area contributed by atoms with E-state index >= 15 is 0 Å². The lowest BCUT2D eigenvalue weighted by Crippen LogP contribution is -2.32. The van der Waals surface area contributed by atoms with Crippen LogP contribution in [-0.4, -0.2) is 15.9 Å². The minimum Gasteiger partial charge on any atom is -0.279 e. The molecule has 1 amide bonds. The predicted molar refractivity (Wildman–Crippen MR) is 105 cm³/mol. The van der Waals surface area contributed by atoms with Gasteiger partial charge in [0.1, 0.15) is 17.2 Å². The van der Waals surface area contributed by atoms with Crippen molar-refractivity contribution in [3.8, 4) is 0 Å².